The Kier molecular flexibility index (Phi) is 6.22. The third kappa shape index (κ3) is 4.19. The van der Waals surface area contributed by atoms with Crippen LogP contribution in [0.2, 0.25) is 0 Å². The molecule has 6 heteroatoms. The van der Waals surface area contributed by atoms with Crippen molar-refractivity contribution >= 4 is 0 Å². The largest absolute Gasteiger partial charge is 0.390 e. The maximum absolute atomic E-state index is 13.6. The van der Waals surface area contributed by atoms with Crippen LogP contribution in [-0.2, 0) is 5.54 Å². The summed E-state index contributed by atoms with van der Waals surface area (Å²) in [6, 6.07) is 13.0. The van der Waals surface area contributed by atoms with E-state index in [1.807, 2.05) is 7.05 Å². The van der Waals surface area contributed by atoms with E-state index in [0.717, 1.165) is 24.2 Å². The van der Waals surface area contributed by atoms with Gasteiger partial charge in [-0.3, -0.25) is 4.90 Å². The zero-order valence-electron chi connectivity index (χ0n) is 15.8. The molecule has 0 saturated carbocycles. The zero-order chi connectivity index (χ0) is 19.4. The third-order valence-electron chi connectivity index (χ3n) is 5.30. The Morgan fingerprint density at radius 3 is 2.00 bits per heavy atom. The molecule has 1 aliphatic heterocycles. The van der Waals surface area contributed by atoms with E-state index >= 15 is 0 Å². The van der Waals surface area contributed by atoms with Gasteiger partial charge in [0.25, 0.3) is 0 Å². The maximum Gasteiger partial charge on any atom is 0.123 e. The summed E-state index contributed by atoms with van der Waals surface area (Å²) in [5.41, 5.74) is 1.26. The molecule has 0 amide bonds. The highest BCUT2D eigenvalue weighted by Gasteiger charge is 2.44. The first-order valence-electron chi connectivity index (χ1n) is 9.24. The molecule has 2 aromatic carbocycles. The third-order valence-corrected chi connectivity index (χ3v) is 5.30. The van der Waals surface area contributed by atoms with Crippen LogP contribution in [-0.4, -0.2) is 67.8 Å². The summed E-state index contributed by atoms with van der Waals surface area (Å²) in [7, 11) is 3.85. The quantitative estimate of drug-likeness (QED) is 0.811. The minimum atomic E-state index is -0.594. The van der Waals surface area contributed by atoms with Crippen LogP contribution in [0.1, 0.15) is 11.1 Å². The van der Waals surface area contributed by atoms with E-state index in [2.05, 4.69) is 15.1 Å². The Balaban J connectivity index is 2.11. The molecule has 1 heterocycles. The van der Waals surface area contributed by atoms with E-state index in [9.17, 15) is 13.9 Å². The second-order valence-corrected chi connectivity index (χ2v) is 7.27. The number of hydrogen-bond donors (Lipinski definition) is 2. The molecule has 1 saturated heterocycles. The average Bonchev–Trinajstić information content (AvgIpc) is 2.65. The fraction of sp³-hybridized carbons (Fsp3) is 0.429. The van der Waals surface area contributed by atoms with Crippen molar-refractivity contribution in [1.29, 1.82) is 0 Å². The summed E-state index contributed by atoms with van der Waals surface area (Å²) in [6.45, 7) is 3.21. The standard InChI is InChI=1S/C21H27F2N3O/c1-24-13-20(27)14-26-12-11-25(2)15-21(26,16-3-7-18(22)8-4-16)17-5-9-19(23)10-6-17/h3-10,20,24,27H,11-15H2,1-2H3. The number of β-amino-alcohol motifs (C(OH)–C–C–N with tert-alkyl or cyclic N) is 1. The number of piperazine rings is 1. The molecule has 0 aliphatic carbocycles. The average molecular weight is 375 g/mol. The molecule has 27 heavy (non-hydrogen) atoms. The molecule has 2 aromatic rings. The van der Waals surface area contributed by atoms with E-state index in [1.165, 1.54) is 24.3 Å². The van der Waals surface area contributed by atoms with Crippen molar-refractivity contribution in [3.63, 3.8) is 0 Å². The van der Waals surface area contributed by atoms with Gasteiger partial charge in [0.15, 0.2) is 0 Å². The number of aliphatic hydroxyl groups is 1. The molecule has 2 N–H and O–H groups in total. The topological polar surface area (TPSA) is 38.7 Å². The van der Waals surface area contributed by atoms with Gasteiger partial charge in [0, 0.05) is 32.7 Å². The number of nitrogens with one attached hydrogen (secondary N) is 1. The lowest BCUT2D eigenvalue weighted by atomic mass is 9.79. The van der Waals surface area contributed by atoms with Crippen LogP contribution < -0.4 is 5.32 Å². The van der Waals surface area contributed by atoms with Gasteiger partial charge in [-0.15, -0.1) is 0 Å². The van der Waals surface area contributed by atoms with Gasteiger partial charge < -0.3 is 15.3 Å². The predicted molar refractivity (Wildman–Crippen MR) is 103 cm³/mol. The van der Waals surface area contributed by atoms with Gasteiger partial charge in [-0.1, -0.05) is 24.3 Å². The first-order chi connectivity index (χ1) is 13.0. The summed E-state index contributed by atoms with van der Waals surface area (Å²) >= 11 is 0. The Morgan fingerprint density at radius 1 is 1.00 bits per heavy atom. The molecule has 0 aromatic heterocycles. The number of benzene rings is 2. The number of nitrogens with zero attached hydrogens (tertiary/aromatic N) is 2. The molecular weight excluding hydrogens is 348 g/mol. The number of aliphatic hydroxyl groups excluding tert-OH is 1. The van der Waals surface area contributed by atoms with E-state index in [-0.39, 0.29) is 11.6 Å². The predicted octanol–water partition coefficient (Wildman–Crippen LogP) is 2.04. The van der Waals surface area contributed by atoms with E-state index in [0.29, 0.717) is 19.6 Å². The van der Waals surface area contributed by atoms with Gasteiger partial charge in [0.1, 0.15) is 11.6 Å². The molecule has 0 bridgehead atoms. The molecule has 0 spiro atoms. The van der Waals surface area contributed by atoms with Crippen LogP contribution in [0.25, 0.3) is 0 Å². The number of halogens is 2. The summed E-state index contributed by atoms with van der Waals surface area (Å²) < 4.78 is 27.2. The van der Waals surface area contributed by atoms with Gasteiger partial charge in [0.2, 0.25) is 0 Å². The summed E-state index contributed by atoms with van der Waals surface area (Å²) in [6.07, 6.45) is -0.543. The van der Waals surface area contributed by atoms with Gasteiger partial charge in [0.05, 0.1) is 11.6 Å². The number of likely N-dealkylation sites (N-methyl/N-ethyl adjacent to an activating group) is 2. The molecule has 3 rings (SSSR count). The monoisotopic (exact) mass is 375 g/mol. The first-order valence-corrected chi connectivity index (χ1v) is 9.24. The van der Waals surface area contributed by atoms with Gasteiger partial charge in [-0.05, 0) is 49.5 Å². The van der Waals surface area contributed by atoms with Crippen molar-refractivity contribution < 1.29 is 13.9 Å². The van der Waals surface area contributed by atoms with Crippen LogP contribution in [0.15, 0.2) is 48.5 Å². The van der Waals surface area contributed by atoms with Crippen molar-refractivity contribution in [1.82, 2.24) is 15.1 Å². The Morgan fingerprint density at radius 2 is 1.52 bits per heavy atom. The van der Waals surface area contributed by atoms with Crippen molar-refractivity contribution in [2.75, 3.05) is 46.8 Å². The zero-order valence-corrected chi connectivity index (χ0v) is 15.8. The highest BCUT2D eigenvalue weighted by Crippen LogP contribution is 2.39. The molecule has 1 aliphatic rings. The van der Waals surface area contributed by atoms with E-state index in [4.69, 9.17) is 0 Å². The minimum absolute atomic E-state index is 0.293. The normalized spacial score (nSPS) is 19.1. The number of hydrogen-bond acceptors (Lipinski definition) is 4. The Hall–Kier alpha value is -1.86. The maximum atomic E-state index is 13.6. The van der Waals surface area contributed by atoms with Crippen LogP contribution in [0.4, 0.5) is 8.78 Å². The fourth-order valence-electron chi connectivity index (χ4n) is 4.02. The molecule has 1 atom stereocenters. The molecule has 1 fully saturated rings. The lowest BCUT2D eigenvalue weighted by molar-refractivity contribution is -0.00209. The van der Waals surface area contributed by atoms with Crippen LogP contribution in [0, 0.1) is 11.6 Å². The van der Waals surface area contributed by atoms with Gasteiger partial charge in [-0.2, -0.15) is 0 Å². The second kappa shape index (κ2) is 8.44. The minimum Gasteiger partial charge on any atom is -0.390 e. The second-order valence-electron chi connectivity index (χ2n) is 7.27. The number of rotatable bonds is 6. The SMILES string of the molecule is CNCC(O)CN1CCN(C)CC1(c1ccc(F)cc1)c1ccc(F)cc1. The van der Waals surface area contributed by atoms with E-state index in [1.54, 1.807) is 31.3 Å². The summed E-state index contributed by atoms with van der Waals surface area (Å²) in [5.74, 6) is -0.585. The van der Waals surface area contributed by atoms with Crippen LogP contribution in [0.3, 0.4) is 0 Å². The Bertz CT molecular complexity index is 691. The van der Waals surface area contributed by atoms with Crippen molar-refractivity contribution in [3.05, 3.63) is 71.3 Å². The first kappa shape index (κ1) is 19.9. The highest BCUT2D eigenvalue weighted by atomic mass is 19.1. The highest BCUT2D eigenvalue weighted by molar-refractivity contribution is 5.40. The van der Waals surface area contributed by atoms with Crippen molar-refractivity contribution in [2.45, 2.75) is 11.6 Å². The van der Waals surface area contributed by atoms with Crippen molar-refractivity contribution in [2.24, 2.45) is 0 Å². The van der Waals surface area contributed by atoms with Gasteiger partial charge in [-0.25, -0.2) is 8.78 Å². The van der Waals surface area contributed by atoms with E-state index < -0.39 is 11.6 Å². The molecule has 1 unspecified atom stereocenters. The lowest BCUT2D eigenvalue weighted by Crippen LogP contribution is -2.61. The Labute approximate surface area is 159 Å². The van der Waals surface area contributed by atoms with Crippen molar-refractivity contribution in [3.8, 4) is 0 Å². The molecular formula is C21H27F2N3O. The molecule has 4 nitrogen and oxygen atoms in total. The molecule has 146 valence electrons. The summed E-state index contributed by atoms with van der Waals surface area (Å²) in [5, 5.41) is 13.4. The fourth-order valence-corrected chi connectivity index (χ4v) is 4.02. The van der Waals surface area contributed by atoms with Crippen LogP contribution in [0.5, 0.6) is 0 Å². The summed E-state index contributed by atoms with van der Waals surface area (Å²) in [4.78, 5) is 4.45. The van der Waals surface area contributed by atoms with Gasteiger partial charge >= 0.3 is 0 Å². The van der Waals surface area contributed by atoms with Crippen LogP contribution >= 0.6 is 0 Å². The smallest absolute Gasteiger partial charge is 0.123 e. The molecule has 0 radical (unpaired) electrons. The lowest BCUT2D eigenvalue weighted by Gasteiger charge is -2.51.